The van der Waals surface area contributed by atoms with Crippen molar-refractivity contribution in [3.05, 3.63) is 36.3 Å². The number of aromatic nitrogens is 2. The highest BCUT2D eigenvalue weighted by atomic mass is 15.0. The molecular formula is C9H11N3. The third-order valence-corrected chi connectivity index (χ3v) is 1.84. The Balaban J connectivity index is 2.46. The van der Waals surface area contributed by atoms with Gasteiger partial charge in [-0.15, -0.1) is 0 Å². The molecule has 3 nitrogen and oxygen atoms in total. The van der Waals surface area contributed by atoms with Crippen LogP contribution in [0.1, 0.15) is 5.56 Å². The molecule has 0 amide bonds. The van der Waals surface area contributed by atoms with Crippen LogP contribution in [0.3, 0.4) is 0 Å². The molecule has 2 rings (SSSR count). The Morgan fingerprint density at radius 2 is 2.42 bits per heavy atom. The van der Waals surface area contributed by atoms with Crippen LogP contribution < -0.4 is 5.32 Å². The number of hydrogen-bond donors (Lipinski definition) is 1. The summed E-state index contributed by atoms with van der Waals surface area (Å²) in [4.78, 5) is 4.20. The van der Waals surface area contributed by atoms with Gasteiger partial charge in [-0.1, -0.05) is 0 Å². The van der Waals surface area contributed by atoms with Gasteiger partial charge in [0, 0.05) is 25.1 Å². The van der Waals surface area contributed by atoms with Gasteiger partial charge >= 0.3 is 0 Å². The van der Waals surface area contributed by atoms with E-state index in [4.69, 9.17) is 0 Å². The van der Waals surface area contributed by atoms with Crippen LogP contribution in [-0.2, 0) is 6.54 Å². The van der Waals surface area contributed by atoms with Crippen LogP contribution in [0.25, 0.3) is 5.65 Å². The van der Waals surface area contributed by atoms with Crippen LogP contribution in [0.5, 0.6) is 0 Å². The van der Waals surface area contributed by atoms with E-state index in [1.165, 1.54) is 5.56 Å². The summed E-state index contributed by atoms with van der Waals surface area (Å²) in [6, 6.07) is 4.17. The van der Waals surface area contributed by atoms with Gasteiger partial charge in [0.15, 0.2) is 0 Å². The second-order valence-electron chi connectivity index (χ2n) is 2.76. The average Bonchev–Trinajstić information content (AvgIpc) is 2.51. The summed E-state index contributed by atoms with van der Waals surface area (Å²) in [5.41, 5.74) is 2.26. The van der Waals surface area contributed by atoms with E-state index in [1.54, 1.807) is 6.20 Å². The topological polar surface area (TPSA) is 29.3 Å². The maximum absolute atomic E-state index is 4.20. The molecule has 0 atom stereocenters. The lowest BCUT2D eigenvalue weighted by Gasteiger charge is -1.99. The van der Waals surface area contributed by atoms with Gasteiger partial charge in [0.2, 0.25) is 0 Å². The van der Waals surface area contributed by atoms with E-state index in [-0.39, 0.29) is 0 Å². The van der Waals surface area contributed by atoms with Crippen molar-refractivity contribution in [1.82, 2.24) is 14.7 Å². The van der Waals surface area contributed by atoms with Crippen LogP contribution in [0.15, 0.2) is 30.7 Å². The molecule has 0 bridgehead atoms. The number of rotatable bonds is 2. The van der Waals surface area contributed by atoms with Crippen molar-refractivity contribution in [3.8, 4) is 0 Å². The standard InChI is InChI=1S/C9H11N3/c1-10-7-8-2-4-12-5-3-11-9(12)6-8/h2-6,10H,7H2,1H3. The number of fused-ring (bicyclic) bond motifs is 1. The summed E-state index contributed by atoms with van der Waals surface area (Å²) < 4.78 is 2.00. The molecular weight excluding hydrogens is 150 g/mol. The van der Waals surface area contributed by atoms with Gasteiger partial charge in [0.1, 0.15) is 5.65 Å². The number of hydrogen-bond acceptors (Lipinski definition) is 2. The molecule has 0 saturated heterocycles. The maximum Gasteiger partial charge on any atom is 0.136 e. The molecule has 0 spiro atoms. The molecule has 1 N–H and O–H groups in total. The minimum absolute atomic E-state index is 0.892. The largest absolute Gasteiger partial charge is 0.316 e. The van der Waals surface area contributed by atoms with E-state index in [2.05, 4.69) is 22.4 Å². The molecule has 2 aromatic heterocycles. The Hall–Kier alpha value is -1.35. The van der Waals surface area contributed by atoms with Crippen molar-refractivity contribution in [1.29, 1.82) is 0 Å². The van der Waals surface area contributed by atoms with E-state index < -0.39 is 0 Å². The first-order valence-electron chi connectivity index (χ1n) is 3.96. The molecule has 0 aliphatic heterocycles. The van der Waals surface area contributed by atoms with Crippen LogP contribution in [-0.4, -0.2) is 16.4 Å². The average molecular weight is 161 g/mol. The van der Waals surface area contributed by atoms with Crippen LogP contribution in [0, 0.1) is 0 Å². The third-order valence-electron chi connectivity index (χ3n) is 1.84. The Bertz CT molecular complexity index is 378. The molecule has 3 heteroatoms. The summed E-state index contributed by atoms with van der Waals surface area (Å²) in [6.07, 6.45) is 5.77. The molecule has 0 aromatic carbocycles. The lowest BCUT2D eigenvalue weighted by atomic mass is 10.2. The number of imidazole rings is 1. The van der Waals surface area contributed by atoms with Gasteiger partial charge in [-0.25, -0.2) is 4.98 Å². The van der Waals surface area contributed by atoms with Crippen molar-refractivity contribution < 1.29 is 0 Å². The van der Waals surface area contributed by atoms with Crippen molar-refractivity contribution in [2.75, 3.05) is 7.05 Å². The minimum atomic E-state index is 0.892. The maximum atomic E-state index is 4.20. The molecule has 0 aliphatic carbocycles. The zero-order valence-electron chi connectivity index (χ0n) is 6.99. The molecule has 0 fully saturated rings. The highest BCUT2D eigenvalue weighted by Crippen LogP contribution is 2.04. The van der Waals surface area contributed by atoms with E-state index in [0.29, 0.717) is 0 Å². The summed E-state index contributed by atoms with van der Waals surface area (Å²) in [5, 5.41) is 3.10. The van der Waals surface area contributed by atoms with Crippen molar-refractivity contribution >= 4 is 5.65 Å². The zero-order chi connectivity index (χ0) is 8.39. The van der Waals surface area contributed by atoms with Gasteiger partial charge in [-0.05, 0) is 24.7 Å². The molecule has 2 aromatic rings. The van der Waals surface area contributed by atoms with E-state index in [0.717, 1.165) is 12.2 Å². The van der Waals surface area contributed by atoms with Gasteiger partial charge in [-0.3, -0.25) is 0 Å². The molecule has 12 heavy (non-hydrogen) atoms. The smallest absolute Gasteiger partial charge is 0.136 e. The lowest BCUT2D eigenvalue weighted by molar-refractivity contribution is 0.816. The van der Waals surface area contributed by atoms with E-state index >= 15 is 0 Å². The van der Waals surface area contributed by atoms with Crippen molar-refractivity contribution in [2.24, 2.45) is 0 Å². The lowest BCUT2D eigenvalue weighted by Crippen LogP contribution is -2.05. The second-order valence-corrected chi connectivity index (χ2v) is 2.76. The van der Waals surface area contributed by atoms with Crippen LogP contribution in [0.2, 0.25) is 0 Å². The van der Waals surface area contributed by atoms with Gasteiger partial charge in [-0.2, -0.15) is 0 Å². The predicted molar refractivity (Wildman–Crippen MR) is 48.0 cm³/mol. The molecule has 0 aliphatic rings. The molecule has 0 saturated carbocycles. The highest BCUT2D eigenvalue weighted by molar-refractivity contribution is 5.41. The quantitative estimate of drug-likeness (QED) is 0.713. The summed E-state index contributed by atoms with van der Waals surface area (Å²) >= 11 is 0. The first-order valence-corrected chi connectivity index (χ1v) is 3.96. The van der Waals surface area contributed by atoms with Crippen LogP contribution >= 0.6 is 0 Å². The van der Waals surface area contributed by atoms with Gasteiger partial charge in [0.25, 0.3) is 0 Å². The SMILES string of the molecule is CNCc1ccn2ccnc2c1. The van der Waals surface area contributed by atoms with Crippen LogP contribution in [0.4, 0.5) is 0 Å². The minimum Gasteiger partial charge on any atom is -0.316 e. The van der Waals surface area contributed by atoms with Gasteiger partial charge in [0.05, 0.1) is 0 Å². The Labute approximate surface area is 71.0 Å². The Morgan fingerprint density at radius 1 is 1.50 bits per heavy atom. The fourth-order valence-electron chi connectivity index (χ4n) is 1.27. The molecule has 0 unspecified atom stereocenters. The van der Waals surface area contributed by atoms with Crippen molar-refractivity contribution in [2.45, 2.75) is 6.54 Å². The van der Waals surface area contributed by atoms with Gasteiger partial charge < -0.3 is 9.72 Å². The first-order chi connectivity index (χ1) is 5.90. The number of nitrogens with zero attached hydrogens (tertiary/aromatic N) is 2. The summed E-state index contributed by atoms with van der Waals surface area (Å²) in [6.45, 7) is 0.892. The monoisotopic (exact) mass is 161 g/mol. The normalized spacial score (nSPS) is 10.8. The molecule has 2 heterocycles. The molecule has 62 valence electrons. The first kappa shape index (κ1) is 7.31. The zero-order valence-corrected chi connectivity index (χ0v) is 6.99. The molecule has 0 radical (unpaired) electrons. The summed E-state index contributed by atoms with van der Waals surface area (Å²) in [7, 11) is 1.94. The second kappa shape index (κ2) is 2.95. The Kier molecular flexibility index (Phi) is 1.80. The predicted octanol–water partition coefficient (Wildman–Crippen LogP) is 1.05. The highest BCUT2D eigenvalue weighted by Gasteiger charge is 1.94. The fraction of sp³-hybridized carbons (Fsp3) is 0.222. The Morgan fingerprint density at radius 3 is 3.25 bits per heavy atom. The number of pyridine rings is 1. The third kappa shape index (κ3) is 1.19. The fourth-order valence-corrected chi connectivity index (χ4v) is 1.27. The van der Waals surface area contributed by atoms with E-state index in [1.807, 2.05) is 23.8 Å². The van der Waals surface area contributed by atoms with E-state index in [9.17, 15) is 0 Å². The number of nitrogens with one attached hydrogen (secondary N) is 1. The van der Waals surface area contributed by atoms with Crippen molar-refractivity contribution in [3.63, 3.8) is 0 Å². The summed E-state index contributed by atoms with van der Waals surface area (Å²) in [5.74, 6) is 0.